The molecule has 1 aliphatic rings. The maximum atomic E-state index is 12.6. The van der Waals surface area contributed by atoms with Gasteiger partial charge < -0.3 is 23.8 Å². The van der Waals surface area contributed by atoms with Crippen molar-refractivity contribution in [3.05, 3.63) is 40.4 Å². The van der Waals surface area contributed by atoms with Gasteiger partial charge in [-0.05, 0) is 12.1 Å². The molecule has 1 unspecified atom stereocenters. The molecule has 9 heteroatoms. The minimum absolute atomic E-state index is 0.00762. The number of amides is 1. The zero-order chi connectivity index (χ0) is 21.1. The minimum Gasteiger partial charge on any atom is -0.493 e. The highest BCUT2D eigenvalue weighted by Gasteiger charge is 2.37. The van der Waals surface area contributed by atoms with E-state index in [1.165, 1.54) is 26.2 Å². The van der Waals surface area contributed by atoms with Gasteiger partial charge >= 0.3 is 5.97 Å². The number of rotatable bonds is 6. The molecule has 0 N–H and O–H groups in total. The summed E-state index contributed by atoms with van der Waals surface area (Å²) in [5.41, 5.74) is 0.528. The molecule has 2 aromatic carbocycles. The highest BCUT2D eigenvalue weighted by atomic mass is 35.5. The van der Waals surface area contributed by atoms with Crippen LogP contribution in [0.25, 0.3) is 0 Å². The first-order valence-corrected chi connectivity index (χ1v) is 9.41. The summed E-state index contributed by atoms with van der Waals surface area (Å²) in [6, 6.07) is 8.06. The molecular formula is C20H19Cl2NO6. The molecule has 0 aromatic heterocycles. The first kappa shape index (κ1) is 21.1. The third-order valence-electron chi connectivity index (χ3n) is 4.55. The third-order valence-corrected chi connectivity index (χ3v) is 5.35. The van der Waals surface area contributed by atoms with Gasteiger partial charge in [0.25, 0.3) is 0 Å². The van der Waals surface area contributed by atoms with Crippen molar-refractivity contribution in [3.63, 3.8) is 0 Å². The molecule has 1 atom stereocenters. The average molecular weight is 440 g/mol. The van der Waals surface area contributed by atoms with E-state index >= 15 is 0 Å². The standard InChI is InChI=1S/C20H19Cl2NO6/c1-26-15-8-12(9-16(27-2)19(15)28-3)23-10-11(7-17(23)24)20(25)29-14-6-4-5-13(21)18(14)22/h4-6,8-9,11H,7,10H2,1-3H3. The molecule has 3 rings (SSSR count). The van der Waals surface area contributed by atoms with Gasteiger partial charge in [-0.2, -0.15) is 0 Å². The SMILES string of the molecule is COc1cc(N2CC(C(=O)Oc3cccc(Cl)c3Cl)CC2=O)cc(OC)c1OC. The predicted octanol–water partition coefficient (Wildman–Crippen LogP) is 3.98. The van der Waals surface area contributed by atoms with Crippen molar-refractivity contribution in [3.8, 4) is 23.0 Å². The molecule has 0 aliphatic carbocycles. The molecular weight excluding hydrogens is 421 g/mol. The fourth-order valence-electron chi connectivity index (χ4n) is 3.09. The van der Waals surface area contributed by atoms with Gasteiger partial charge in [-0.1, -0.05) is 29.3 Å². The fraction of sp³-hybridized carbons (Fsp3) is 0.300. The van der Waals surface area contributed by atoms with E-state index in [1.807, 2.05) is 0 Å². The van der Waals surface area contributed by atoms with Crippen molar-refractivity contribution < 1.29 is 28.5 Å². The van der Waals surface area contributed by atoms with Gasteiger partial charge in [0.15, 0.2) is 17.2 Å². The Kier molecular flexibility index (Phi) is 6.39. The Morgan fingerprint density at radius 1 is 1.03 bits per heavy atom. The van der Waals surface area contributed by atoms with Gasteiger partial charge in [-0.15, -0.1) is 0 Å². The van der Waals surface area contributed by atoms with E-state index in [1.54, 1.807) is 30.3 Å². The van der Waals surface area contributed by atoms with Crippen LogP contribution in [-0.4, -0.2) is 39.8 Å². The lowest BCUT2D eigenvalue weighted by molar-refractivity contribution is -0.139. The summed E-state index contributed by atoms with van der Waals surface area (Å²) in [6.45, 7) is 0.147. The Hall–Kier alpha value is -2.64. The van der Waals surface area contributed by atoms with E-state index in [-0.39, 0.29) is 34.7 Å². The number of hydrogen-bond acceptors (Lipinski definition) is 6. The summed E-state index contributed by atoms with van der Waals surface area (Å²) < 4.78 is 21.3. The van der Waals surface area contributed by atoms with Crippen molar-refractivity contribution >= 4 is 40.8 Å². The second kappa shape index (κ2) is 8.80. The van der Waals surface area contributed by atoms with Crippen LogP contribution in [0.5, 0.6) is 23.0 Å². The van der Waals surface area contributed by atoms with Crippen LogP contribution in [0.3, 0.4) is 0 Å². The molecule has 7 nitrogen and oxygen atoms in total. The van der Waals surface area contributed by atoms with Gasteiger partial charge in [0.2, 0.25) is 11.7 Å². The van der Waals surface area contributed by atoms with Crippen LogP contribution >= 0.6 is 23.2 Å². The van der Waals surface area contributed by atoms with Gasteiger partial charge in [0.05, 0.1) is 38.0 Å². The number of methoxy groups -OCH3 is 3. The second-order valence-corrected chi connectivity index (χ2v) is 7.05. The Morgan fingerprint density at radius 3 is 2.28 bits per heavy atom. The Morgan fingerprint density at radius 2 is 1.69 bits per heavy atom. The molecule has 29 heavy (non-hydrogen) atoms. The summed E-state index contributed by atoms with van der Waals surface area (Å²) in [7, 11) is 4.47. The zero-order valence-corrected chi connectivity index (χ0v) is 17.5. The number of hydrogen-bond donors (Lipinski definition) is 0. The van der Waals surface area contributed by atoms with Crippen LogP contribution in [-0.2, 0) is 9.59 Å². The van der Waals surface area contributed by atoms with Gasteiger partial charge in [0.1, 0.15) is 5.02 Å². The number of ether oxygens (including phenoxy) is 4. The molecule has 1 amide bonds. The Bertz CT molecular complexity index is 924. The zero-order valence-electron chi connectivity index (χ0n) is 16.0. The largest absolute Gasteiger partial charge is 0.493 e. The van der Waals surface area contributed by atoms with E-state index in [0.29, 0.717) is 22.9 Å². The van der Waals surface area contributed by atoms with E-state index in [0.717, 1.165) is 0 Å². The molecule has 1 heterocycles. The van der Waals surface area contributed by atoms with Crippen LogP contribution in [0.15, 0.2) is 30.3 Å². The Labute approximate surface area is 178 Å². The van der Waals surface area contributed by atoms with Crippen molar-refractivity contribution in [2.75, 3.05) is 32.8 Å². The van der Waals surface area contributed by atoms with Gasteiger partial charge in [-0.25, -0.2) is 0 Å². The summed E-state index contributed by atoms with van der Waals surface area (Å²) in [5, 5.41) is 0.423. The van der Waals surface area contributed by atoms with E-state index in [4.69, 9.17) is 42.1 Å². The summed E-state index contributed by atoms with van der Waals surface area (Å²) in [5.74, 6) is -0.0508. The number of halogens is 2. The normalized spacial score (nSPS) is 16.0. The van der Waals surface area contributed by atoms with Gasteiger partial charge in [0, 0.05) is 25.1 Å². The third kappa shape index (κ3) is 4.21. The number of esters is 1. The highest BCUT2D eigenvalue weighted by Crippen LogP contribution is 2.42. The lowest BCUT2D eigenvalue weighted by Gasteiger charge is -2.20. The molecule has 0 spiro atoms. The van der Waals surface area contributed by atoms with E-state index in [2.05, 4.69) is 0 Å². The quantitative estimate of drug-likeness (QED) is 0.500. The van der Waals surface area contributed by atoms with Gasteiger partial charge in [-0.3, -0.25) is 9.59 Å². The monoisotopic (exact) mass is 439 g/mol. The maximum absolute atomic E-state index is 12.6. The van der Waals surface area contributed by atoms with Crippen molar-refractivity contribution in [2.24, 2.45) is 5.92 Å². The molecule has 0 bridgehead atoms. The summed E-state index contributed by atoms with van der Waals surface area (Å²) >= 11 is 12.0. The molecule has 2 aromatic rings. The topological polar surface area (TPSA) is 74.3 Å². The van der Waals surface area contributed by atoms with E-state index in [9.17, 15) is 9.59 Å². The number of carbonyl (C=O) groups is 2. The molecule has 154 valence electrons. The van der Waals surface area contributed by atoms with Crippen LogP contribution < -0.4 is 23.8 Å². The molecule has 1 fully saturated rings. The molecule has 0 radical (unpaired) electrons. The number of nitrogens with zero attached hydrogens (tertiary/aromatic N) is 1. The fourth-order valence-corrected chi connectivity index (χ4v) is 3.42. The summed E-state index contributed by atoms with van der Waals surface area (Å²) in [4.78, 5) is 26.6. The lowest BCUT2D eigenvalue weighted by atomic mass is 10.1. The molecule has 1 aliphatic heterocycles. The lowest BCUT2D eigenvalue weighted by Crippen LogP contribution is -2.27. The van der Waals surface area contributed by atoms with Crippen LogP contribution in [0, 0.1) is 5.92 Å². The number of benzene rings is 2. The van der Waals surface area contributed by atoms with Crippen molar-refractivity contribution in [2.45, 2.75) is 6.42 Å². The van der Waals surface area contributed by atoms with Crippen molar-refractivity contribution in [1.29, 1.82) is 0 Å². The predicted molar refractivity (Wildman–Crippen MR) is 109 cm³/mol. The molecule has 0 saturated carbocycles. The Balaban J connectivity index is 1.81. The van der Waals surface area contributed by atoms with Crippen molar-refractivity contribution in [1.82, 2.24) is 0 Å². The number of anilines is 1. The summed E-state index contributed by atoms with van der Waals surface area (Å²) in [6.07, 6.45) is 0.00762. The maximum Gasteiger partial charge on any atom is 0.316 e. The first-order chi connectivity index (χ1) is 13.9. The second-order valence-electron chi connectivity index (χ2n) is 6.26. The van der Waals surface area contributed by atoms with Crippen LogP contribution in [0.2, 0.25) is 10.0 Å². The smallest absolute Gasteiger partial charge is 0.316 e. The van der Waals surface area contributed by atoms with Crippen LogP contribution in [0.4, 0.5) is 5.69 Å². The van der Waals surface area contributed by atoms with E-state index < -0.39 is 11.9 Å². The number of carbonyl (C=O) groups excluding carboxylic acids is 2. The minimum atomic E-state index is -0.656. The average Bonchev–Trinajstić information content (AvgIpc) is 3.12. The first-order valence-electron chi connectivity index (χ1n) is 8.65. The van der Waals surface area contributed by atoms with Crippen LogP contribution in [0.1, 0.15) is 6.42 Å². The highest BCUT2D eigenvalue weighted by molar-refractivity contribution is 6.43. The molecule has 1 saturated heterocycles.